The van der Waals surface area contributed by atoms with Crippen molar-refractivity contribution in [3.63, 3.8) is 0 Å². The quantitative estimate of drug-likeness (QED) is 0.359. The van der Waals surface area contributed by atoms with E-state index in [1.54, 1.807) is 6.08 Å². The molecule has 0 saturated heterocycles. The van der Waals surface area contributed by atoms with E-state index in [-0.39, 0.29) is 5.57 Å². The number of Topliss-reactive ketones (excluding diaryl/α,β-unsaturated/α-hetero) is 1. The Labute approximate surface area is 122 Å². The summed E-state index contributed by atoms with van der Waals surface area (Å²) in [6.45, 7) is 3.45. The average molecular weight is 284 g/mol. The molecule has 0 amide bonds. The number of hydrogen-bond donors (Lipinski definition) is 1. The van der Waals surface area contributed by atoms with Crippen LogP contribution in [0.2, 0.25) is 0 Å². The van der Waals surface area contributed by atoms with Crippen molar-refractivity contribution in [3.8, 4) is 0 Å². The molecule has 0 rings (SSSR count). The minimum atomic E-state index is -1.37. The van der Waals surface area contributed by atoms with Gasteiger partial charge in [0, 0.05) is 0 Å². The van der Waals surface area contributed by atoms with E-state index in [9.17, 15) is 14.7 Å². The Morgan fingerprint density at radius 1 is 1.10 bits per heavy atom. The van der Waals surface area contributed by atoms with Gasteiger partial charge in [0.25, 0.3) is 0 Å². The number of aliphatic hydroxyl groups is 1. The highest BCUT2D eigenvalue weighted by atomic mass is 16.5. The van der Waals surface area contributed by atoms with E-state index >= 15 is 0 Å². The standard InChI is InChI=1S/C16H28O4/c1-4-5-6-7-8-9-10-11-12-14(16(19)20-3)15(18)13(2)17/h12,15,18H,4-11H2,1-3H3/b14-12+/t15-/m1/s1. The molecular weight excluding hydrogens is 256 g/mol. The monoisotopic (exact) mass is 284 g/mol. The Kier molecular flexibility index (Phi) is 11.0. The molecule has 0 aliphatic rings. The lowest BCUT2D eigenvalue weighted by Gasteiger charge is -2.10. The Morgan fingerprint density at radius 2 is 1.65 bits per heavy atom. The fraction of sp³-hybridized carbons (Fsp3) is 0.750. The number of esters is 1. The van der Waals surface area contributed by atoms with Gasteiger partial charge in [-0.1, -0.05) is 51.5 Å². The summed E-state index contributed by atoms with van der Waals surface area (Å²) in [5, 5.41) is 9.67. The third-order valence-electron chi connectivity index (χ3n) is 3.27. The highest BCUT2D eigenvalue weighted by molar-refractivity contribution is 5.98. The first-order valence-corrected chi connectivity index (χ1v) is 7.51. The number of aliphatic hydroxyl groups excluding tert-OH is 1. The Bertz CT molecular complexity index is 320. The maximum absolute atomic E-state index is 11.5. The lowest BCUT2D eigenvalue weighted by Crippen LogP contribution is -2.25. The van der Waals surface area contributed by atoms with Crippen molar-refractivity contribution in [1.29, 1.82) is 0 Å². The van der Waals surface area contributed by atoms with Crippen LogP contribution in [0.3, 0.4) is 0 Å². The van der Waals surface area contributed by atoms with Crippen molar-refractivity contribution in [3.05, 3.63) is 11.6 Å². The summed E-state index contributed by atoms with van der Waals surface area (Å²) in [4.78, 5) is 22.6. The number of hydrogen-bond acceptors (Lipinski definition) is 4. The van der Waals surface area contributed by atoms with E-state index in [0.29, 0.717) is 6.42 Å². The number of carbonyl (C=O) groups excluding carboxylic acids is 2. The van der Waals surface area contributed by atoms with Crippen LogP contribution in [0.5, 0.6) is 0 Å². The van der Waals surface area contributed by atoms with Gasteiger partial charge in [0.05, 0.1) is 12.7 Å². The van der Waals surface area contributed by atoms with Gasteiger partial charge in [0.1, 0.15) is 6.10 Å². The number of ether oxygens (including phenoxy) is 1. The molecule has 0 heterocycles. The van der Waals surface area contributed by atoms with Crippen LogP contribution in [-0.4, -0.2) is 30.1 Å². The van der Waals surface area contributed by atoms with Crippen LogP contribution in [0.15, 0.2) is 11.6 Å². The van der Waals surface area contributed by atoms with E-state index in [0.717, 1.165) is 12.8 Å². The number of carbonyl (C=O) groups is 2. The SMILES string of the molecule is CCCCCCCCC/C=C(/C(=O)OC)[C@H](O)C(C)=O. The van der Waals surface area contributed by atoms with Gasteiger partial charge in [-0.3, -0.25) is 4.79 Å². The molecule has 0 aliphatic heterocycles. The third-order valence-corrected chi connectivity index (χ3v) is 3.27. The molecule has 0 radical (unpaired) electrons. The van der Waals surface area contributed by atoms with Crippen molar-refractivity contribution < 1.29 is 19.4 Å². The van der Waals surface area contributed by atoms with Gasteiger partial charge >= 0.3 is 5.97 Å². The van der Waals surface area contributed by atoms with Crippen LogP contribution in [0.25, 0.3) is 0 Å². The molecule has 0 aromatic heterocycles. The number of ketones is 1. The van der Waals surface area contributed by atoms with Crippen LogP contribution < -0.4 is 0 Å². The van der Waals surface area contributed by atoms with Gasteiger partial charge in [-0.05, 0) is 19.8 Å². The fourth-order valence-corrected chi connectivity index (χ4v) is 2.00. The van der Waals surface area contributed by atoms with Crippen LogP contribution in [-0.2, 0) is 14.3 Å². The van der Waals surface area contributed by atoms with E-state index in [4.69, 9.17) is 0 Å². The maximum Gasteiger partial charge on any atom is 0.336 e. The molecule has 1 atom stereocenters. The van der Waals surface area contributed by atoms with Crippen molar-refractivity contribution in [2.45, 2.75) is 71.3 Å². The Hall–Kier alpha value is -1.16. The van der Waals surface area contributed by atoms with Gasteiger partial charge in [0.2, 0.25) is 0 Å². The van der Waals surface area contributed by atoms with Gasteiger partial charge in [-0.25, -0.2) is 4.79 Å². The largest absolute Gasteiger partial charge is 0.466 e. The van der Waals surface area contributed by atoms with Crippen LogP contribution >= 0.6 is 0 Å². The van der Waals surface area contributed by atoms with E-state index in [1.165, 1.54) is 46.1 Å². The van der Waals surface area contributed by atoms with Crippen molar-refractivity contribution in [2.24, 2.45) is 0 Å². The summed E-state index contributed by atoms with van der Waals surface area (Å²) in [7, 11) is 1.25. The number of methoxy groups -OCH3 is 1. The van der Waals surface area contributed by atoms with Gasteiger partial charge in [-0.2, -0.15) is 0 Å². The number of rotatable bonds is 11. The molecule has 0 saturated carbocycles. The maximum atomic E-state index is 11.5. The van der Waals surface area contributed by atoms with Crippen LogP contribution in [0.4, 0.5) is 0 Å². The van der Waals surface area contributed by atoms with E-state index in [2.05, 4.69) is 11.7 Å². The second kappa shape index (κ2) is 11.6. The lowest BCUT2D eigenvalue weighted by atomic mass is 10.0. The fourth-order valence-electron chi connectivity index (χ4n) is 2.00. The molecule has 0 spiro atoms. The Morgan fingerprint density at radius 3 is 2.15 bits per heavy atom. The zero-order valence-corrected chi connectivity index (χ0v) is 13.0. The molecule has 0 bridgehead atoms. The van der Waals surface area contributed by atoms with Gasteiger partial charge < -0.3 is 9.84 Å². The molecule has 0 aromatic rings. The van der Waals surface area contributed by atoms with E-state index in [1.807, 2.05) is 0 Å². The molecule has 0 fully saturated rings. The molecule has 4 heteroatoms. The van der Waals surface area contributed by atoms with E-state index < -0.39 is 17.9 Å². The van der Waals surface area contributed by atoms with Crippen molar-refractivity contribution >= 4 is 11.8 Å². The minimum absolute atomic E-state index is 0.0611. The van der Waals surface area contributed by atoms with Crippen molar-refractivity contribution in [1.82, 2.24) is 0 Å². The smallest absolute Gasteiger partial charge is 0.336 e. The topological polar surface area (TPSA) is 63.6 Å². The number of unbranched alkanes of at least 4 members (excludes halogenated alkanes) is 7. The average Bonchev–Trinajstić information content (AvgIpc) is 2.44. The minimum Gasteiger partial charge on any atom is -0.466 e. The molecule has 1 N–H and O–H groups in total. The first-order chi connectivity index (χ1) is 9.54. The van der Waals surface area contributed by atoms with Crippen molar-refractivity contribution in [2.75, 3.05) is 7.11 Å². The van der Waals surface area contributed by atoms with Crippen LogP contribution in [0.1, 0.15) is 65.2 Å². The predicted molar refractivity (Wildman–Crippen MR) is 79.4 cm³/mol. The summed E-state index contributed by atoms with van der Waals surface area (Å²) >= 11 is 0. The third kappa shape index (κ3) is 8.10. The second-order valence-corrected chi connectivity index (χ2v) is 5.07. The molecule has 20 heavy (non-hydrogen) atoms. The highest BCUT2D eigenvalue weighted by Gasteiger charge is 2.22. The molecule has 0 aromatic carbocycles. The first kappa shape index (κ1) is 18.8. The zero-order valence-electron chi connectivity index (χ0n) is 13.0. The summed E-state index contributed by atoms with van der Waals surface area (Å²) < 4.78 is 4.59. The Balaban J connectivity index is 4.09. The van der Waals surface area contributed by atoms with Gasteiger partial charge in [-0.15, -0.1) is 0 Å². The summed E-state index contributed by atoms with van der Waals surface area (Å²) in [6, 6.07) is 0. The highest BCUT2D eigenvalue weighted by Crippen LogP contribution is 2.12. The summed E-state index contributed by atoms with van der Waals surface area (Å²) in [5.74, 6) is -1.07. The summed E-state index contributed by atoms with van der Waals surface area (Å²) in [6.07, 6.45) is 9.25. The molecule has 0 unspecified atom stereocenters. The number of allylic oxidation sites excluding steroid dienone is 1. The first-order valence-electron chi connectivity index (χ1n) is 7.51. The van der Waals surface area contributed by atoms with Gasteiger partial charge in [0.15, 0.2) is 5.78 Å². The molecule has 4 nitrogen and oxygen atoms in total. The second-order valence-electron chi connectivity index (χ2n) is 5.07. The molecule has 0 aliphatic carbocycles. The normalized spacial score (nSPS) is 13.1. The van der Waals surface area contributed by atoms with Crippen LogP contribution in [0, 0.1) is 0 Å². The summed E-state index contributed by atoms with van der Waals surface area (Å²) in [5.41, 5.74) is 0.0611. The zero-order chi connectivity index (χ0) is 15.4. The predicted octanol–water partition coefficient (Wildman–Crippen LogP) is 3.18. The lowest BCUT2D eigenvalue weighted by molar-refractivity contribution is -0.139. The molecule has 116 valence electrons. The molecular formula is C16H28O4.